The van der Waals surface area contributed by atoms with Crippen LogP contribution in [0.1, 0.15) is 18.5 Å². The molecule has 0 saturated carbocycles. The highest BCUT2D eigenvalue weighted by atomic mass is 32.2. The second kappa shape index (κ2) is 6.89. The van der Waals surface area contributed by atoms with Crippen LogP contribution in [0.15, 0.2) is 24.3 Å². The van der Waals surface area contributed by atoms with Crippen molar-refractivity contribution >= 4 is 11.8 Å². The molecular formula is C14H19F3N2OS. The van der Waals surface area contributed by atoms with Crippen LogP contribution in [0, 0.1) is 0 Å². The highest BCUT2D eigenvalue weighted by molar-refractivity contribution is 7.99. The number of hydrogen-bond donors (Lipinski definition) is 1. The van der Waals surface area contributed by atoms with Crippen LogP contribution in [0.5, 0.6) is 5.75 Å². The Morgan fingerprint density at radius 2 is 2.05 bits per heavy atom. The highest BCUT2D eigenvalue weighted by Gasteiger charge is 2.31. The van der Waals surface area contributed by atoms with E-state index < -0.39 is 6.36 Å². The number of rotatable bonds is 4. The molecule has 1 aliphatic heterocycles. The summed E-state index contributed by atoms with van der Waals surface area (Å²) in [6, 6.07) is 6.44. The Balaban J connectivity index is 2.11. The quantitative estimate of drug-likeness (QED) is 0.925. The number of nitrogens with two attached hydrogens (primary N) is 1. The largest absolute Gasteiger partial charge is 0.573 e. The molecular weight excluding hydrogens is 301 g/mol. The molecule has 0 aliphatic carbocycles. The van der Waals surface area contributed by atoms with Gasteiger partial charge in [-0.15, -0.1) is 13.2 Å². The lowest BCUT2D eigenvalue weighted by atomic mass is 10.0. The van der Waals surface area contributed by atoms with Crippen LogP contribution in [-0.2, 0) is 0 Å². The highest BCUT2D eigenvalue weighted by Crippen LogP contribution is 2.29. The van der Waals surface area contributed by atoms with Crippen molar-refractivity contribution in [3.8, 4) is 5.75 Å². The SMILES string of the molecule is CC1CSCCN1C(CN)c1ccc(OC(F)(F)F)cc1. The number of hydrogen-bond acceptors (Lipinski definition) is 4. The molecule has 2 N–H and O–H groups in total. The Morgan fingerprint density at radius 3 is 2.57 bits per heavy atom. The fraction of sp³-hybridized carbons (Fsp3) is 0.571. The summed E-state index contributed by atoms with van der Waals surface area (Å²) >= 11 is 1.91. The Hall–Kier alpha value is -0.920. The summed E-state index contributed by atoms with van der Waals surface area (Å²) in [6.45, 7) is 3.53. The minimum Gasteiger partial charge on any atom is -0.406 e. The number of halogens is 3. The number of alkyl halides is 3. The lowest BCUT2D eigenvalue weighted by molar-refractivity contribution is -0.274. The van der Waals surface area contributed by atoms with Crippen LogP contribution < -0.4 is 10.5 Å². The molecule has 2 rings (SSSR count). The van der Waals surface area contributed by atoms with Crippen LogP contribution in [-0.4, -0.2) is 41.9 Å². The first kappa shape index (κ1) is 16.5. The molecule has 0 radical (unpaired) electrons. The summed E-state index contributed by atoms with van der Waals surface area (Å²) in [4.78, 5) is 2.32. The molecule has 1 fully saturated rings. The Kier molecular flexibility index (Phi) is 5.40. The van der Waals surface area contributed by atoms with Gasteiger partial charge in [0.15, 0.2) is 0 Å². The van der Waals surface area contributed by atoms with Gasteiger partial charge in [-0.3, -0.25) is 4.90 Å². The summed E-state index contributed by atoms with van der Waals surface area (Å²) in [5, 5.41) is 0. The number of thioether (sulfide) groups is 1. The molecule has 21 heavy (non-hydrogen) atoms. The Bertz CT molecular complexity index is 453. The fourth-order valence-corrected chi connectivity index (χ4v) is 3.60. The zero-order chi connectivity index (χ0) is 15.5. The predicted molar refractivity (Wildman–Crippen MR) is 78.4 cm³/mol. The maximum absolute atomic E-state index is 12.2. The number of nitrogens with zero attached hydrogens (tertiary/aromatic N) is 1. The van der Waals surface area contributed by atoms with Gasteiger partial charge in [0.25, 0.3) is 0 Å². The maximum atomic E-state index is 12.2. The van der Waals surface area contributed by atoms with Gasteiger partial charge in [0.2, 0.25) is 0 Å². The maximum Gasteiger partial charge on any atom is 0.573 e. The van der Waals surface area contributed by atoms with Gasteiger partial charge in [-0.05, 0) is 24.6 Å². The zero-order valence-electron chi connectivity index (χ0n) is 11.8. The van der Waals surface area contributed by atoms with Gasteiger partial charge in [0.1, 0.15) is 5.75 Å². The normalized spacial score (nSPS) is 22.0. The first-order valence-corrected chi connectivity index (χ1v) is 7.95. The predicted octanol–water partition coefficient (Wildman–Crippen LogP) is 3.02. The molecule has 0 spiro atoms. The molecule has 2 unspecified atom stereocenters. The zero-order valence-corrected chi connectivity index (χ0v) is 12.6. The van der Waals surface area contributed by atoms with Crippen molar-refractivity contribution in [1.82, 2.24) is 4.90 Å². The molecule has 2 atom stereocenters. The van der Waals surface area contributed by atoms with E-state index in [4.69, 9.17) is 5.73 Å². The van der Waals surface area contributed by atoms with Crippen LogP contribution >= 0.6 is 11.8 Å². The summed E-state index contributed by atoms with van der Waals surface area (Å²) < 4.78 is 40.4. The van der Waals surface area contributed by atoms with E-state index in [1.807, 2.05) is 11.8 Å². The summed E-state index contributed by atoms with van der Waals surface area (Å²) in [7, 11) is 0. The molecule has 1 saturated heterocycles. The molecule has 118 valence electrons. The van der Waals surface area contributed by atoms with Crippen molar-refractivity contribution in [2.24, 2.45) is 5.73 Å². The minimum atomic E-state index is -4.66. The monoisotopic (exact) mass is 320 g/mol. The third kappa shape index (κ3) is 4.52. The van der Waals surface area contributed by atoms with E-state index in [1.165, 1.54) is 12.1 Å². The number of benzene rings is 1. The average Bonchev–Trinajstić information content (AvgIpc) is 2.42. The molecule has 7 heteroatoms. The summed E-state index contributed by atoms with van der Waals surface area (Å²) in [6.07, 6.45) is -4.66. The van der Waals surface area contributed by atoms with Gasteiger partial charge in [-0.2, -0.15) is 11.8 Å². The number of ether oxygens (including phenoxy) is 1. The van der Waals surface area contributed by atoms with Crippen LogP contribution in [0.25, 0.3) is 0 Å². The van der Waals surface area contributed by atoms with E-state index in [0.717, 1.165) is 23.6 Å². The average molecular weight is 320 g/mol. The third-order valence-corrected chi connectivity index (χ3v) is 4.73. The first-order chi connectivity index (χ1) is 9.90. The second-order valence-corrected chi connectivity index (χ2v) is 6.18. The van der Waals surface area contributed by atoms with Gasteiger partial charge in [0, 0.05) is 36.7 Å². The van der Waals surface area contributed by atoms with E-state index in [2.05, 4.69) is 16.6 Å². The summed E-state index contributed by atoms with van der Waals surface area (Å²) in [5.41, 5.74) is 6.80. The Labute approximate surface area is 126 Å². The molecule has 1 aliphatic rings. The van der Waals surface area contributed by atoms with Gasteiger partial charge in [-0.1, -0.05) is 12.1 Å². The topological polar surface area (TPSA) is 38.5 Å². The standard InChI is InChI=1S/C14H19F3N2OS/c1-10-9-21-7-6-19(10)13(8-18)11-2-4-12(5-3-11)20-14(15,16)17/h2-5,10,13H,6-9,18H2,1H3. The van der Waals surface area contributed by atoms with Crippen LogP contribution in [0.3, 0.4) is 0 Å². The van der Waals surface area contributed by atoms with Crippen LogP contribution in [0.4, 0.5) is 13.2 Å². The van der Waals surface area contributed by atoms with Crippen molar-refractivity contribution in [3.63, 3.8) is 0 Å². The fourth-order valence-electron chi connectivity index (χ4n) is 2.56. The first-order valence-electron chi connectivity index (χ1n) is 6.80. The van der Waals surface area contributed by atoms with Crippen molar-refractivity contribution in [1.29, 1.82) is 0 Å². The molecule has 0 amide bonds. The lowest BCUT2D eigenvalue weighted by Crippen LogP contribution is -2.45. The van der Waals surface area contributed by atoms with E-state index >= 15 is 0 Å². The molecule has 0 bridgehead atoms. The Morgan fingerprint density at radius 1 is 1.38 bits per heavy atom. The minimum absolute atomic E-state index is 0.0286. The van der Waals surface area contributed by atoms with E-state index in [0.29, 0.717) is 12.6 Å². The molecule has 1 heterocycles. The lowest BCUT2D eigenvalue weighted by Gasteiger charge is -2.39. The molecule has 1 aromatic carbocycles. The van der Waals surface area contributed by atoms with Crippen molar-refractivity contribution < 1.29 is 17.9 Å². The third-order valence-electron chi connectivity index (χ3n) is 3.54. The van der Waals surface area contributed by atoms with Crippen molar-refractivity contribution in [2.45, 2.75) is 25.4 Å². The second-order valence-electron chi connectivity index (χ2n) is 5.03. The van der Waals surface area contributed by atoms with E-state index in [9.17, 15) is 13.2 Å². The summed E-state index contributed by atoms with van der Waals surface area (Å²) in [5.74, 6) is 1.89. The van der Waals surface area contributed by atoms with Crippen LogP contribution in [0.2, 0.25) is 0 Å². The smallest absolute Gasteiger partial charge is 0.406 e. The van der Waals surface area contributed by atoms with E-state index in [-0.39, 0.29) is 11.8 Å². The van der Waals surface area contributed by atoms with Crippen molar-refractivity contribution in [2.75, 3.05) is 24.6 Å². The van der Waals surface area contributed by atoms with Gasteiger partial charge in [-0.25, -0.2) is 0 Å². The van der Waals surface area contributed by atoms with E-state index in [1.54, 1.807) is 12.1 Å². The molecule has 0 aromatic heterocycles. The van der Waals surface area contributed by atoms with Gasteiger partial charge < -0.3 is 10.5 Å². The molecule has 1 aromatic rings. The van der Waals surface area contributed by atoms with Crippen molar-refractivity contribution in [3.05, 3.63) is 29.8 Å². The molecule has 3 nitrogen and oxygen atoms in total. The van der Waals surface area contributed by atoms with Gasteiger partial charge in [0.05, 0.1) is 0 Å². The van der Waals surface area contributed by atoms with Gasteiger partial charge >= 0.3 is 6.36 Å².